The van der Waals surface area contributed by atoms with E-state index in [9.17, 15) is 10.1 Å². The van der Waals surface area contributed by atoms with Gasteiger partial charge in [0.25, 0.3) is 4.96 Å². The summed E-state index contributed by atoms with van der Waals surface area (Å²) >= 11 is 1.38. The highest BCUT2D eigenvalue weighted by Crippen LogP contribution is 2.30. The van der Waals surface area contributed by atoms with Gasteiger partial charge in [0, 0.05) is 17.5 Å². The van der Waals surface area contributed by atoms with Gasteiger partial charge >= 0.3 is 5.82 Å². The molecule has 102 valence electrons. The van der Waals surface area contributed by atoms with Crippen molar-refractivity contribution in [2.75, 3.05) is 5.32 Å². The van der Waals surface area contributed by atoms with E-state index in [1.54, 1.807) is 11.6 Å². The van der Waals surface area contributed by atoms with Crippen LogP contribution in [-0.2, 0) is 0 Å². The minimum Gasteiger partial charge on any atom is -0.359 e. The molecule has 1 aliphatic carbocycles. The van der Waals surface area contributed by atoms with Crippen molar-refractivity contribution in [3.63, 3.8) is 0 Å². The summed E-state index contributed by atoms with van der Waals surface area (Å²) in [7, 11) is 0. The third-order valence-corrected chi connectivity index (χ3v) is 4.31. The smallest absolute Gasteiger partial charge is 0.359 e. The van der Waals surface area contributed by atoms with Crippen molar-refractivity contribution in [1.82, 2.24) is 9.38 Å². The molecule has 2 unspecified atom stereocenters. The Labute approximate surface area is 113 Å². The first kappa shape index (κ1) is 12.4. The van der Waals surface area contributed by atoms with Crippen LogP contribution in [0.3, 0.4) is 0 Å². The zero-order valence-electron chi connectivity index (χ0n) is 10.3. The zero-order valence-corrected chi connectivity index (χ0v) is 11.1. The number of aromatic nitrogens is 2. The highest BCUT2D eigenvalue weighted by Gasteiger charge is 2.28. The van der Waals surface area contributed by atoms with E-state index < -0.39 is 4.92 Å². The molecule has 2 aromatic heterocycles. The fourth-order valence-corrected chi connectivity index (χ4v) is 3.27. The number of rotatable bonds is 3. The van der Waals surface area contributed by atoms with E-state index in [2.05, 4.69) is 10.3 Å². The fourth-order valence-electron chi connectivity index (χ4n) is 2.56. The second kappa shape index (κ2) is 4.78. The first-order valence-electron chi connectivity index (χ1n) is 6.29. The number of thiazole rings is 1. The summed E-state index contributed by atoms with van der Waals surface area (Å²) in [6, 6.07) is 0.102. The summed E-state index contributed by atoms with van der Waals surface area (Å²) < 4.78 is 1.50. The Morgan fingerprint density at radius 2 is 2.32 bits per heavy atom. The molecular formula is C11H15N5O2S. The number of fused-ring (bicyclic) bond motifs is 1. The van der Waals surface area contributed by atoms with E-state index >= 15 is 0 Å². The molecule has 1 saturated carbocycles. The number of imidazole rings is 1. The maximum absolute atomic E-state index is 11.2. The topological polar surface area (TPSA) is 98.5 Å². The Hall–Kier alpha value is -1.67. The Balaban J connectivity index is 1.93. The average Bonchev–Trinajstić information content (AvgIpc) is 2.91. The van der Waals surface area contributed by atoms with Crippen molar-refractivity contribution in [3.05, 3.63) is 21.7 Å². The van der Waals surface area contributed by atoms with Crippen LogP contribution in [0.5, 0.6) is 0 Å². The molecule has 0 amide bonds. The van der Waals surface area contributed by atoms with Crippen LogP contribution in [-0.4, -0.2) is 26.4 Å². The molecule has 0 saturated heterocycles. The molecule has 2 aromatic rings. The standard InChI is InChI=1S/C11H15N5O2S/c12-7-3-1-2-4-8(7)13-9-10(16(17)18)15-5-6-19-11(15)14-9/h5-8,13H,1-4,12H2. The van der Waals surface area contributed by atoms with Gasteiger partial charge in [0.2, 0.25) is 5.82 Å². The SMILES string of the molecule is NC1CCCCC1Nc1nc2sccn2c1[N+](=O)[O-]. The van der Waals surface area contributed by atoms with Crippen LogP contribution < -0.4 is 11.1 Å². The summed E-state index contributed by atoms with van der Waals surface area (Å²) in [5.41, 5.74) is 6.06. The maximum Gasteiger partial charge on any atom is 0.372 e. The van der Waals surface area contributed by atoms with Crippen molar-refractivity contribution >= 4 is 27.9 Å². The molecule has 0 aromatic carbocycles. The van der Waals surface area contributed by atoms with Crippen molar-refractivity contribution in [2.45, 2.75) is 37.8 Å². The number of hydrogen-bond donors (Lipinski definition) is 2. The van der Waals surface area contributed by atoms with Gasteiger partial charge in [0.05, 0.1) is 0 Å². The van der Waals surface area contributed by atoms with E-state index in [4.69, 9.17) is 5.73 Å². The van der Waals surface area contributed by atoms with Gasteiger partial charge in [-0.1, -0.05) is 24.2 Å². The Bertz CT molecular complexity index is 607. The largest absolute Gasteiger partial charge is 0.372 e. The molecular weight excluding hydrogens is 266 g/mol. The lowest BCUT2D eigenvalue weighted by molar-refractivity contribution is -0.389. The lowest BCUT2D eigenvalue weighted by Crippen LogP contribution is -2.42. The first-order valence-corrected chi connectivity index (χ1v) is 7.17. The van der Waals surface area contributed by atoms with Crippen molar-refractivity contribution < 1.29 is 4.92 Å². The third kappa shape index (κ3) is 2.17. The quantitative estimate of drug-likeness (QED) is 0.662. The monoisotopic (exact) mass is 281 g/mol. The molecule has 0 spiro atoms. The van der Waals surface area contributed by atoms with Crippen molar-refractivity contribution in [3.8, 4) is 0 Å². The molecule has 1 aliphatic rings. The summed E-state index contributed by atoms with van der Waals surface area (Å²) in [6.45, 7) is 0. The molecule has 2 atom stereocenters. The van der Waals surface area contributed by atoms with Gasteiger partial charge in [-0.15, -0.1) is 0 Å². The summed E-state index contributed by atoms with van der Waals surface area (Å²) in [5, 5.41) is 16.1. The van der Waals surface area contributed by atoms with Crippen molar-refractivity contribution in [2.24, 2.45) is 5.73 Å². The number of nitrogens with one attached hydrogen (secondary N) is 1. The normalized spacial score (nSPS) is 23.6. The lowest BCUT2D eigenvalue weighted by atomic mass is 9.91. The fraction of sp³-hybridized carbons (Fsp3) is 0.545. The van der Waals surface area contributed by atoms with E-state index in [1.807, 2.05) is 0 Å². The zero-order chi connectivity index (χ0) is 13.4. The van der Waals surface area contributed by atoms with Crippen LogP contribution >= 0.6 is 11.3 Å². The maximum atomic E-state index is 11.2. The van der Waals surface area contributed by atoms with Crippen LogP contribution in [0.4, 0.5) is 11.6 Å². The highest BCUT2D eigenvalue weighted by molar-refractivity contribution is 7.15. The molecule has 8 heteroatoms. The van der Waals surface area contributed by atoms with Gasteiger partial charge in [-0.25, -0.2) is 0 Å². The number of nitrogens with two attached hydrogens (primary N) is 1. The van der Waals surface area contributed by atoms with Crippen molar-refractivity contribution in [1.29, 1.82) is 0 Å². The van der Waals surface area contributed by atoms with Gasteiger partial charge in [-0.05, 0) is 17.8 Å². The van der Waals surface area contributed by atoms with E-state index in [1.165, 1.54) is 15.7 Å². The molecule has 0 aliphatic heterocycles. The van der Waals surface area contributed by atoms with Gasteiger partial charge in [-0.2, -0.15) is 9.38 Å². The Morgan fingerprint density at radius 1 is 1.53 bits per heavy atom. The minimum absolute atomic E-state index is 0.00553. The predicted molar refractivity (Wildman–Crippen MR) is 73.6 cm³/mol. The van der Waals surface area contributed by atoms with Crippen LogP contribution in [0.1, 0.15) is 25.7 Å². The average molecular weight is 281 g/mol. The van der Waals surface area contributed by atoms with Crippen LogP contribution in [0.25, 0.3) is 4.96 Å². The van der Waals surface area contributed by atoms with Crippen LogP contribution in [0.2, 0.25) is 0 Å². The summed E-state index contributed by atoms with van der Waals surface area (Å²) in [6.07, 6.45) is 5.77. The molecule has 3 N–H and O–H groups in total. The molecule has 19 heavy (non-hydrogen) atoms. The minimum atomic E-state index is -0.399. The van der Waals surface area contributed by atoms with Gasteiger partial charge in [0.1, 0.15) is 6.20 Å². The second-order valence-corrected chi connectivity index (χ2v) is 5.67. The Kier molecular flexibility index (Phi) is 3.11. The first-order chi connectivity index (χ1) is 9.16. The third-order valence-electron chi connectivity index (χ3n) is 3.55. The Morgan fingerprint density at radius 3 is 3.05 bits per heavy atom. The molecule has 0 bridgehead atoms. The molecule has 7 nitrogen and oxygen atoms in total. The lowest BCUT2D eigenvalue weighted by Gasteiger charge is -2.28. The van der Waals surface area contributed by atoms with E-state index in [-0.39, 0.29) is 17.9 Å². The number of hydrogen-bond acceptors (Lipinski definition) is 6. The summed E-state index contributed by atoms with van der Waals surface area (Å²) in [5.74, 6) is 0.327. The number of anilines is 1. The highest BCUT2D eigenvalue weighted by atomic mass is 32.1. The van der Waals surface area contributed by atoms with E-state index in [0.29, 0.717) is 10.8 Å². The predicted octanol–water partition coefficient (Wildman–Crippen LogP) is 1.99. The summed E-state index contributed by atoms with van der Waals surface area (Å²) in [4.78, 5) is 15.7. The van der Waals surface area contributed by atoms with Crippen LogP contribution in [0.15, 0.2) is 11.6 Å². The second-order valence-electron chi connectivity index (χ2n) is 4.80. The molecule has 0 radical (unpaired) electrons. The molecule has 1 fully saturated rings. The number of nitro groups is 1. The molecule has 2 heterocycles. The van der Waals surface area contributed by atoms with E-state index in [0.717, 1.165) is 25.7 Å². The van der Waals surface area contributed by atoms with Gasteiger partial charge in [-0.3, -0.25) is 0 Å². The van der Waals surface area contributed by atoms with Gasteiger partial charge < -0.3 is 21.2 Å². The van der Waals surface area contributed by atoms with Gasteiger partial charge in [0.15, 0.2) is 0 Å². The molecule has 3 rings (SSSR count). The number of nitrogens with zero attached hydrogens (tertiary/aromatic N) is 3. The van der Waals surface area contributed by atoms with Crippen LogP contribution in [0, 0.1) is 10.1 Å².